The summed E-state index contributed by atoms with van der Waals surface area (Å²) in [5.41, 5.74) is 0.0784. The average molecular weight is 341 g/mol. The third kappa shape index (κ3) is 3.36. The van der Waals surface area contributed by atoms with E-state index in [1.165, 1.54) is 0 Å². The minimum absolute atomic E-state index is 0.312. The van der Waals surface area contributed by atoms with Gasteiger partial charge >= 0.3 is 0 Å². The number of carbonyl (C=O) groups excluding carboxylic acids is 1. The predicted octanol–water partition coefficient (Wildman–Crippen LogP) is 4.76. The van der Waals surface area contributed by atoms with Crippen LogP contribution in [0.25, 0.3) is 6.08 Å². The van der Waals surface area contributed by atoms with Crippen LogP contribution in [0.2, 0.25) is 0 Å². The predicted molar refractivity (Wildman–Crippen MR) is 73.8 cm³/mol. The highest BCUT2D eigenvalue weighted by Crippen LogP contribution is 2.16. The van der Waals surface area contributed by atoms with E-state index < -0.39 is 17.5 Å². The van der Waals surface area contributed by atoms with Crippen molar-refractivity contribution in [2.24, 2.45) is 0 Å². The molecule has 1 nitrogen and oxygen atoms in total. The Morgan fingerprint density at radius 1 is 1.05 bits per heavy atom. The second kappa shape index (κ2) is 6.05. The fourth-order valence-corrected chi connectivity index (χ4v) is 1.84. The summed E-state index contributed by atoms with van der Waals surface area (Å²) < 4.78 is 40.2. The molecule has 0 N–H and O–H groups in total. The summed E-state index contributed by atoms with van der Waals surface area (Å²) in [5.74, 6) is -3.77. The van der Waals surface area contributed by atoms with Crippen molar-refractivity contribution in [1.82, 2.24) is 0 Å². The molecule has 0 atom stereocenters. The number of benzene rings is 2. The molecule has 0 aliphatic rings. The Morgan fingerprint density at radius 2 is 1.70 bits per heavy atom. The van der Waals surface area contributed by atoms with Gasteiger partial charge in [-0.3, -0.25) is 4.79 Å². The van der Waals surface area contributed by atoms with E-state index >= 15 is 0 Å². The van der Waals surface area contributed by atoms with Gasteiger partial charge in [0.25, 0.3) is 0 Å². The molecule has 20 heavy (non-hydrogen) atoms. The van der Waals surface area contributed by atoms with Crippen molar-refractivity contribution in [3.05, 3.63) is 75.5 Å². The van der Waals surface area contributed by atoms with Crippen LogP contribution in [0.15, 0.2) is 46.9 Å². The summed E-state index contributed by atoms with van der Waals surface area (Å²) >= 11 is 3.23. The fraction of sp³-hybridized carbons (Fsp3) is 0. The molecular weight excluding hydrogens is 333 g/mol. The van der Waals surface area contributed by atoms with E-state index in [0.717, 1.165) is 22.7 Å². The van der Waals surface area contributed by atoms with Gasteiger partial charge in [0, 0.05) is 21.7 Å². The summed E-state index contributed by atoms with van der Waals surface area (Å²) in [4.78, 5) is 11.8. The minimum atomic E-state index is -1.29. The smallest absolute Gasteiger partial charge is 0.185 e. The molecular formula is C15H8BrF3O. The lowest BCUT2D eigenvalue weighted by molar-refractivity contribution is 0.104. The van der Waals surface area contributed by atoms with Crippen LogP contribution in [-0.4, -0.2) is 5.78 Å². The Bertz CT molecular complexity index is 678. The number of halogens is 4. The van der Waals surface area contributed by atoms with Gasteiger partial charge in [0.05, 0.1) is 0 Å². The molecule has 0 aromatic heterocycles. The topological polar surface area (TPSA) is 17.1 Å². The number of rotatable bonds is 3. The average Bonchev–Trinajstić information content (AvgIpc) is 2.41. The lowest BCUT2D eigenvalue weighted by Gasteiger charge is -1.99. The molecule has 0 fully saturated rings. The number of ketones is 1. The van der Waals surface area contributed by atoms with Gasteiger partial charge in [-0.2, -0.15) is 0 Å². The van der Waals surface area contributed by atoms with Crippen LogP contribution in [0.4, 0.5) is 13.2 Å². The lowest BCUT2D eigenvalue weighted by atomic mass is 10.1. The molecule has 0 aliphatic carbocycles. The number of hydrogen-bond acceptors (Lipinski definition) is 1. The number of hydrogen-bond donors (Lipinski definition) is 0. The van der Waals surface area contributed by atoms with Gasteiger partial charge in [-0.25, -0.2) is 13.2 Å². The quantitative estimate of drug-likeness (QED) is 0.447. The molecule has 0 bridgehead atoms. The summed E-state index contributed by atoms with van der Waals surface area (Å²) in [6, 6.07) is 7.80. The van der Waals surface area contributed by atoms with E-state index in [-0.39, 0.29) is 11.3 Å². The summed E-state index contributed by atoms with van der Waals surface area (Å²) in [5, 5.41) is 0. The van der Waals surface area contributed by atoms with Crippen molar-refractivity contribution in [2.75, 3.05) is 0 Å². The van der Waals surface area contributed by atoms with Crippen LogP contribution in [-0.2, 0) is 0 Å². The van der Waals surface area contributed by atoms with Gasteiger partial charge in [-0.1, -0.05) is 15.9 Å². The van der Waals surface area contributed by atoms with Crippen LogP contribution in [0.3, 0.4) is 0 Å². The molecule has 0 saturated carbocycles. The third-order valence-corrected chi connectivity index (χ3v) is 3.09. The van der Waals surface area contributed by atoms with Crippen molar-refractivity contribution in [1.29, 1.82) is 0 Å². The van der Waals surface area contributed by atoms with E-state index in [1.54, 1.807) is 24.3 Å². The van der Waals surface area contributed by atoms with Crippen molar-refractivity contribution >= 4 is 27.8 Å². The molecule has 102 valence electrons. The third-order valence-electron chi connectivity index (χ3n) is 2.56. The van der Waals surface area contributed by atoms with Crippen LogP contribution in [0, 0.1) is 17.5 Å². The largest absolute Gasteiger partial charge is 0.289 e. The summed E-state index contributed by atoms with van der Waals surface area (Å²) in [7, 11) is 0. The first-order valence-electron chi connectivity index (χ1n) is 5.60. The van der Waals surface area contributed by atoms with Gasteiger partial charge in [0.1, 0.15) is 5.82 Å². The maximum Gasteiger partial charge on any atom is 0.185 e. The Labute approximate surface area is 121 Å². The maximum absolute atomic E-state index is 13.4. The standard InChI is InChI=1S/C15H8BrF3O/c16-11-4-1-9(2-5-11)14(20)6-3-10-7-12(17)8-13(18)15(10)19/h1-8H. The second-order valence-corrected chi connectivity index (χ2v) is 4.91. The Morgan fingerprint density at radius 3 is 2.35 bits per heavy atom. The fourth-order valence-electron chi connectivity index (χ4n) is 1.57. The van der Waals surface area contributed by atoms with Crippen molar-refractivity contribution < 1.29 is 18.0 Å². The van der Waals surface area contributed by atoms with Crippen molar-refractivity contribution in [2.45, 2.75) is 0 Å². The molecule has 0 heterocycles. The molecule has 0 radical (unpaired) electrons. The SMILES string of the molecule is O=C(C=Cc1cc(F)cc(F)c1F)c1ccc(Br)cc1. The van der Waals surface area contributed by atoms with Crippen molar-refractivity contribution in [3.8, 4) is 0 Å². The first-order valence-corrected chi connectivity index (χ1v) is 6.39. The van der Waals surface area contributed by atoms with Crippen LogP contribution in [0.5, 0.6) is 0 Å². The molecule has 0 saturated heterocycles. The summed E-state index contributed by atoms with van der Waals surface area (Å²) in [6.07, 6.45) is 2.12. The van der Waals surface area contributed by atoms with Gasteiger partial charge in [-0.15, -0.1) is 0 Å². The van der Waals surface area contributed by atoms with E-state index in [1.807, 2.05) is 0 Å². The first-order chi connectivity index (χ1) is 9.47. The molecule has 2 rings (SSSR count). The molecule has 0 amide bonds. The minimum Gasteiger partial charge on any atom is -0.289 e. The Kier molecular flexibility index (Phi) is 4.39. The van der Waals surface area contributed by atoms with E-state index in [0.29, 0.717) is 11.6 Å². The molecule has 0 aliphatic heterocycles. The highest BCUT2D eigenvalue weighted by Gasteiger charge is 2.09. The van der Waals surface area contributed by atoms with E-state index in [9.17, 15) is 18.0 Å². The molecule has 5 heteroatoms. The Balaban J connectivity index is 2.25. The molecule has 0 spiro atoms. The zero-order valence-corrected chi connectivity index (χ0v) is 11.6. The van der Waals surface area contributed by atoms with Gasteiger partial charge in [-0.05, 0) is 42.5 Å². The lowest BCUT2D eigenvalue weighted by Crippen LogP contribution is -1.95. The summed E-state index contributed by atoms with van der Waals surface area (Å²) in [6.45, 7) is 0. The highest BCUT2D eigenvalue weighted by atomic mass is 79.9. The van der Waals surface area contributed by atoms with Gasteiger partial charge < -0.3 is 0 Å². The Hall–Kier alpha value is -1.88. The molecule has 2 aromatic rings. The van der Waals surface area contributed by atoms with E-state index in [4.69, 9.17) is 0 Å². The zero-order chi connectivity index (χ0) is 14.7. The number of allylic oxidation sites excluding steroid dienone is 1. The molecule has 0 unspecified atom stereocenters. The van der Waals surface area contributed by atoms with E-state index in [2.05, 4.69) is 15.9 Å². The zero-order valence-electron chi connectivity index (χ0n) is 10.0. The number of carbonyl (C=O) groups is 1. The monoisotopic (exact) mass is 340 g/mol. The second-order valence-electron chi connectivity index (χ2n) is 4.00. The first kappa shape index (κ1) is 14.5. The maximum atomic E-state index is 13.4. The van der Waals surface area contributed by atoms with Crippen LogP contribution < -0.4 is 0 Å². The van der Waals surface area contributed by atoms with Gasteiger partial charge in [0.2, 0.25) is 0 Å². The molecule has 2 aromatic carbocycles. The van der Waals surface area contributed by atoms with Crippen molar-refractivity contribution in [3.63, 3.8) is 0 Å². The van der Waals surface area contributed by atoms with Crippen LogP contribution in [0.1, 0.15) is 15.9 Å². The van der Waals surface area contributed by atoms with Gasteiger partial charge in [0.15, 0.2) is 17.4 Å². The van der Waals surface area contributed by atoms with Crippen LogP contribution >= 0.6 is 15.9 Å². The normalized spacial score (nSPS) is 11.0. The highest BCUT2D eigenvalue weighted by molar-refractivity contribution is 9.10.